The van der Waals surface area contributed by atoms with Gasteiger partial charge in [-0.25, -0.2) is 4.39 Å². The standard InChI is InChI=1S/C10H13ClFNS/c11-8-2-7-14-9(8)10(12)3-1-5-13-6-4-10/h2,7,13H,1,3-6H2. The van der Waals surface area contributed by atoms with E-state index in [2.05, 4.69) is 5.32 Å². The summed E-state index contributed by atoms with van der Waals surface area (Å²) in [5.74, 6) is 0. The minimum atomic E-state index is -1.20. The molecule has 1 aromatic rings. The van der Waals surface area contributed by atoms with E-state index in [0.29, 0.717) is 22.7 Å². The molecule has 1 saturated heterocycles. The summed E-state index contributed by atoms with van der Waals surface area (Å²) in [6, 6.07) is 1.78. The second-order valence-electron chi connectivity index (χ2n) is 3.67. The molecule has 1 fully saturated rings. The number of hydrogen-bond donors (Lipinski definition) is 1. The first-order valence-corrected chi connectivity index (χ1v) is 6.11. The summed E-state index contributed by atoms with van der Waals surface area (Å²) >= 11 is 7.40. The van der Waals surface area contributed by atoms with E-state index in [0.717, 1.165) is 19.5 Å². The van der Waals surface area contributed by atoms with Gasteiger partial charge in [0.25, 0.3) is 0 Å². The maximum atomic E-state index is 14.5. The number of thiophene rings is 1. The molecule has 0 aliphatic carbocycles. The maximum absolute atomic E-state index is 14.5. The molecule has 0 aromatic carbocycles. The first-order chi connectivity index (χ1) is 6.72. The Bertz CT molecular complexity index is 305. The monoisotopic (exact) mass is 233 g/mol. The summed E-state index contributed by atoms with van der Waals surface area (Å²) < 4.78 is 14.5. The van der Waals surface area contributed by atoms with Gasteiger partial charge in [0.15, 0.2) is 0 Å². The summed E-state index contributed by atoms with van der Waals surface area (Å²) in [5.41, 5.74) is -1.20. The fourth-order valence-corrected chi connectivity index (χ4v) is 3.25. The molecule has 0 radical (unpaired) electrons. The molecule has 78 valence electrons. The van der Waals surface area contributed by atoms with Crippen molar-refractivity contribution in [2.24, 2.45) is 0 Å². The molecule has 2 heterocycles. The molecule has 1 aliphatic heterocycles. The summed E-state index contributed by atoms with van der Waals surface area (Å²) in [4.78, 5) is 0.711. The lowest BCUT2D eigenvalue weighted by atomic mass is 9.95. The molecule has 0 amide bonds. The Balaban J connectivity index is 2.25. The van der Waals surface area contributed by atoms with Gasteiger partial charge in [0.2, 0.25) is 0 Å². The van der Waals surface area contributed by atoms with E-state index in [1.165, 1.54) is 11.3 Å². The van der Waals surface area contributed by atoms with Crippen LogP contribution in [0.3, 0.4) is 0 Å². The normalized spacial score (nSPS) is 28.7. The van der Waals surface area contributed by atoms with Gasteiger partial charge >= 0.3 is 0 Å². The second kappa shape index (κ2) is 4.17. The lowest BCUT2D eigenvalue weighted by molar-refractivity contribution is 0.150. The van der Waals surface area contributed by atoms with Gasteiger partial charge in [-0.3, -0.25) is 0 Å². The zero-order valence-electron chi connectivity index (χ0n) is 7.85. The van der Waals surface area contributed by atoms with Crippen LogP contribution in [0.1, 0.15) is 24.1 Å². The molecule has 14 heavy (non-hydrogen) atoms. The van der Waals surface area contributed by atoms with Gasteiger partial charge < -0.3 is 5.32 Å². The Morgan fingerprint density at radius 1 is 1.43 bits per heavy atom. The van der Waals surface area contributed by atoms with E-state index < -0.39 is 5.67 Å². The predicted octanol–water partition coefficient (Wildman–Crippen LogP) is 3.34. The van der Waals surface area contributed by atoms with Crippen LogP contribution in [0.15, 0.2) is 11.4 Å². The fraction of sp³-hybridized carbons (Fsp3) is 0.600. The van der Waals surface area contributed by atoms with E-state index in [1.807, 2.05) is 5.38 Å². The highest BCUT2D eigenvalue weighted by Gasteiger charge is 2.35. The average Bonchev–Trinajstić information content (AvgIpc) is 2.46. The summed E-state index contributed by atoms with van der Waals surface area (Å²) in [7, 11) is 0. The third-order valence-electron chi connectivity index (χ3n) is 2.65. The van der Waals surface area contributed by atoms with Crippen molar-refractivity contribution in [1.29, 1.82) is 0 Å². The topological polar surface area (TPSA) is 12.0 Å². The van der Waals surface area contributed by atoms with Gasteiger partial charge in [0, 0.05) is 0 Å². The van der Waals surface area contributed by atoms with Gasteiger partial charge in [0.1, 0.15) is 5.67 Å². The third-order valence-corrected chi connectivity index (χ3v) is 4.17. The Labute approximate surface area is 92.3 Å². The molecule has 0 saturated carbocycles. The summed E-state index contributed by atoms with van der Waals surface area (Å²) in [6.07, 6.45) is 2.00. The quantitative estimate of drug-likeness (QED) is 0.785. The van der Waals surface area contributed by atoms with Crippen molar-refractivity contribution < 1.29 is 4.39 Å². The molecular formula is C10H13ClFNS. The molecule has 1 aromatic heterocycles. The van der Waals surface area contributed by atoms with Gasteiger partial charge in [-0.1, -0.05) is 11.6 Å². The fourth-order valence-electron chi connectivity index (χ4n) is 1.87. The minimum absolute atomic E-state index is 0.535. The van der Waals surface area contributed by atoms with Crippen LogP contribution in [-0.2, 0) is 5.67 Å². The first kappa shape index (κ1) is 10.4. The number of hydrogen-bond acceptors (Lipinski definition) is 2. The van der Waals surface area contributed by atoms with Crippen molar-refractivity contribution in [1.82, 2.24) is 5.32 Å². The highest BCUT2D eigenvalue weighted by Crippen LogP contribution is 2.42. The highest BCUT2D eigenvalue weighted by atomic mass is 35.5. The third kappa shape index (κ3) is 1.95. The smallest absolute Gasteiger partial charge is 0.147 e. The molecule has 1 unspecified atom stereocenters. The largest absolute Gasteiger partial charge is 0.317 e. The van der Waals surface area contributed by atoms with E-state index in [1.54, 1.807) is 6.07 Å². The lowest BCUT2D eigenvalue weighted by Crippen LogP contribution is -2.21. The molecule has 4 heteroatoms. The van der Waals surface area contributed by atoms with Crippen LogP contribution in [0.2, 0.25) is 5.02 Å². The van der Waals surface area contributed by atoms with Crippen molar-refractivity contribution in [3.05, 3.63) is 21.3 Å². The molecule has 0 bridgehead atoms. The SMILES string of the molecule is FC1(c2sccc2Cl)CCCNCC1. The Morgan fingerprint density at radius 3 is 3.00 bits per heavy atom. The molecule has 1 N–H and O–H groups in total. The van der Waals surface area contributed by atoms with Gasteiger partial charge in [-0.15, -0.1) is 11.3 Å². The lowest BCUT2D eigenvalue weighted by Gasteiger charge is -2.22. The van der Waals surface area contributed by atoms with Crippen LogP contribution in [0, 0.1) is 0 Å². The van der Waals surface area contributed by atoms with E-state index in [9.17, 15) is 4.39 Å². The van der Waals surface area contributed by atoms with Crippen LogP contribution in [-0.4, -0.2) is 13.1 Å². The van der Waals surface area contributed by atoms with Crippen LogP contribution < -0.4 is 5.32 Å². The van der Waals surface area contributed by atoms with Crippen LogP contribution in [0.4, 0.5) is 4.39 Å². The second-order valence-corrected chi connectivity index (χ2v) is 4.99. The van der Waals surface area contributed by atoms with Crippen molar-refractivity contribution in [3.63, 3.8) is 0 Å². The summed E-state index contributed by atoms with van der Waals surface area (Å²) in [5, 5.41) is 5.65. The zero-order chi connectivity index (χ0) is 10.0. The zero-order valence-corrected chi connectivity index (χ0v) is 9.43. The molecular weight excluding hydrogens is 221 g/mol. The Morgan fingerprint density at radius 2 is 2.29 bits per heavy atom. The van der Waals surface area contributed by atoms with Crippen molar-refractivity contribution in [2.75, 3.05) is 13.1 Å². The van der Waals surface area contributed by atoms with Crippen molar-refractivity contribution in [3.8, 4) is 0 Å². The van der Waals surface area contributed by atoms with Crippen molar-refractivity contribution in [2.45, 2.75) is 24.9 Å². The highest BCUT2D eigenvalue weighted by molar-refractivity contribution is 7.10. The van der Waals surface area contributed by atoms with Gasteiger partial charge in [-0.2, -0.15) is 0 Å². The van der Waals surface area contributed by atoms with Crippen molar-refractivity contribution >= 4 is 22.9 Å². The molecule has 0 spiro atoms. The van der Waals surface area contributed by atoms with E-state index in [-0.39, 0.29) is 0 Å². The Hall–Kier alpha value is -0.120. The van der Waals surface area contributed by atoms with Crippen LogP contribution in [0.25, 0.3) is 0 Å². The first-order valence-electron chi connectivity index (χ1n) is 4.85. The van der Waals surface area contributed by atoms with Gasteiger partial charge in [0.05, 0.1) is 9.90 Å². The number of halogens is 2. The van der Waals surface area contributed by atoms with E-state index in [4.69, 9.17) is 11.6 Å². The number of rotatable bonds is 1. The van der Waals surface area contributed by atoms with Gasteiger partial charge in [-0.05, 0) is 43.8 Å². The van der Waals surface area contributed by atoms with Crippen LogP contribution in [0.5, 0.6) is 0 Å². The maximum Gasteiger partial charge on any atom is 0.147 e. The minimum Gasteiger partial charge on any atom is -0.317 e. The number of nitrogens with one attached hydrogen (secondary N) is 1. The molecule has 1 aliphatic rings. The average molecular weight is 234 g/mol. The molecule has 1 nitrogen and oxygen atoms in total. The van der Waals surface area contributed by atoms with Crippen LogP contribution >= 0.6 is 22.9 Å². The molecule has 2 rings (SSSR count). The predicted molar refractivity (Wildman–Crippen MR) is 58.8 cm³/mol. The Kier molecular flexibility index (Phi) is 3.10. The van der Waals surface area contributed by atoms with E-state index >= 15 is 0 Å². The molecule has 1 atom stereocenters. The number of alkyl halides is 1. The summed E-state index contributed by atoms with van der Waals surface area (Å²) in [6.45, 7) is 1.65.